The maximum absolute atomic E-state index is 11.7. The average molecular weight is 232 g/mol. The summed E-state index contributed by atoms with van der Waals surface area (Å²) in [7, 11) is -3.40. The van der Waals surface area contributed by atoms with Crippen LogP contribution in [-0.2, 0) is 14.8 Å². The lowest BCUT2D eigenvalue weighted by atomic mass is 9.89. The summed E-state index contributed by atoms with van der Waals surface area (Å²) >= 11 is 0. The van der Waals surface area contributed by atoms with Gasteiger partial charge in [0, 0.05) is 12.1 Å². The van der Waals surface area contributed by atoms with Crippen LogP contribution in [0.3, 0.4) is 0 Å². The Kier molecular flexibility index (Phi) is 2.72. The van der Waals surface area contributed by atoms with Crippen molar-refractivity contribution < 1.29 is 13.2 Å². The first-order valence-corrected chi connectivity index (χ1v) is 6.97. The molecule has 0 aromatic rings. The van der Waals surface area contributed by atoms with Gasteiger partial charge in [0.15, 0.2) is 0 Å². The number of fused-ring (bicyclic) bond motifs is 2. The third kappa shape index (κ3) is 2.15. The minimum Gasteiger partial charge on any atom is -0.310 e. The molecule has 0 spiro atoms. The highest BCUT2D eigenvalue weighted by atomic mass is 32.2. The lowest BCUT2D eigenvalue weighted by Crippen LogP contribution is -2.41. The summed E-state index contributed by atoms with van der Waals surface area (Å²) < 4.78 is 24.6. The predicted molar refractivity (Wildman–Crippen MR) is 55.7 cm³/mol. The minimum absolute atomic E-state index is 0.0486. The zero-order chi connectivity index (χ0) is 11.1. The summed E-state index contributed by atoms with van der Waals surface area (Å²) in [5.74, 6) is -0.547. The standard InChI is InChI=1S/C9H16N2O3S/c1-2-15(13,14)11-9(12)7-5-6-3-4-8(7)10-6/h6-8,10H,2-5H2,1H3,(H,11,12). The minimum atomic E-state index is -3.40. The Balaban J connectivity index is 1.98. The number of sulfonamides is 1. The van der Waals surface area contributed by atoms with Gasteiger partial charge in [-0.15, -0.1) is 0 Å². The molecule has 0 aliphatic carbocycles. The largest absolute Gasteiger partial charge is 0.310 e. The molecule has 2 N–H and O–H groups in total. The molecule has 2 heterocycles. The molecule has 0 aromatic heterocycles. The van der Waals surface area contributed by atoms with Crippen molar-refractivity contribution in [2.75, 3.05) is 5.75 Å². The van der Waals surface area contributed by atoms with Gasteiger partial charge >= 0.3 is 0 Å². The van der Waals surface area contributed by atoms with Gasteiger partial charge in [-0.25, -0.2) is 8.42 Å². The molecule has 5 nitrogen and oxygen atoms in total. The number of rotatable bonds is 3. The highest BCUT2D eigenvalue weighted by Gasteiger charge is 2.43. The fourth-order valence-corrected chi connectivity index (χ4v) is 3.02. The lowest BCUT2D eigenvalue weighted by Gasteiger charge is -2.18. The quantitative estimate of drug-likeness (QED) is 0.694. The first kappa shape index (κ1) is 10.9. The van der Waals surface area contributed by atoms with Gasteiger partial charge in [-0.1, -0.05) is 0 Å². The van der Waals surface area contributed by atoms with E-state index >= 15 is 0 Å². The van der Waals surface area contributed by atoms with Crippen LogP contribution in [0.5, 0.6) is 0 Å². The second-order valence-corrected chi connectivity index (χ2v) is 6.27. The first-order chi connectivity index (χ1) is 7.02. The summed E-state index contributed by atoms with van der Waals surface area (Å²) in [5, 5.41) is 3.31. The van der Waals surface area contributed by atoms with Crippen LogP contribution in [0.25, 0.3) is 0 Å². The molecule has 3 atom stereocenters. The van der Waals surface area contributed by atoms with Crippen molar-refractivity contribution in [1.29, 1.82) is 0 Å². The van der Waals surface area contributed by atoms with Gasteiger partial charge in [0.05, 0.1) is 11.7 Å². The van der Waals surface area contributed by atoms with Crippen molar-refractivity contribution in [2.24, 2.45) is 5.92 Å². The normalized spacial score (nSPS) is 34.3. The molecule has 86 valence electrons. The van der Waals surface area contributed by atoms with Gasteiger partial charge in [0.1, 0.15) is 0 Å². The van der Waals surface area contributed by atoms with Crippen LogP contribution in [0.2, 0.25) is 0 Å². The van der Waals surface area contributed by atoms with Crippen molar-refractivity contribution >= 4 is 15.9 Å². The van der Waals surface area contributed by atoms with E-state index in [2.05, 4.69) is 10.0 Å². The summed E-state index contributed by atoms with van der Waals surface area (Å²) in [5.41, 5.74) is 0. The monoisotopic (exact) mass is 232 g/mol. The Morgan fingerprint density at radius 2 is 2.20 bits per heavy atom. The predicted octanol–water partition coefficient (Wildman–Crippen LogP) is -0.407. The van der Waals surface area contributed by atoms with Gasteiger partial charge in [0.2, 0.25) is 15.9 Å². The van der Waals surface area contributed by atoms with E-state index in [1.807, 2.05) is 0 Å². The molecule has 1 amide bonds. The van der Waals surface area contributed by atoms with Crippen LogP contribution in [0, 0.1) is 5.92 Å². The van der Waals surface area contributed by atoms with Gasteiger partial charge < -0.3 is 5.32 Å². The zero-order valence-electron chi connectivity index (χ0n) is 8.69. The van der Waals surface area contributed by atoms with Crippen LogP contribution in [0.15, 0.2) is 0 Å². The third-order valence-corrected chi connectivity index (χ3v) is 4.55. The second-order valence-electron chi connectivity index (χ2n) is 4.26. The Morgan fingerprint density at radius 3 is 2.67 bits per heavy atom. The molecule has 2 rings (SSSR count). The highest BCUT2D eigenvalue weighted by molar-refractivity contribution is 7.90. The molecule has 3 unspecified atom stereocenters. The number of hydrogen-bond acceptors (Lipinski definition) is 4. The molecule has 0 aromatic carbocycles. The molecule has 15 heavy (non-hydrogen) atoms. The lowest BCUT2D eigenvalue weighted by molar-refractivity contribution is -0.123. The van der Waals surface area contributed by atoms with E-state index in [-0.39, 0.29) is 23.6 Å². The fourth-order valence-electron chi connectivity index (χ4n) is 2.42. The molecule has 0 saturated carbocycles. The van der Waals surface area contributed by atoms with Crippen LogP contribution in [-0.4, -0.2) is 32.2 Å². The summed E-state index contributed by atoms with van der Waals surface area (Å²) in [6.07, 6.45) is 2.86. The Labute approximate surface area is 89.7 Å². The van der Waals surface area contributed by atoms with Gasteiger partial charge in [-0.2, -0.15) is 0 Å². The molecule has 2 bridgehead atoms. The SMILES string of the molecule is CCS(=O)(=O)NC(=O)C1CC2CCC1N2. The van der Waals surface area contributed by atoms with E-state index < -0.39 is 10.0 Å². The van der Waals surface area contributed by atoms with E-state index in [0.717, 1.165) is 19.3 Å². The molecular weight excluding hydrogens is 216 g/mol. The maximum Gasteiger partial charge on any atom is 0.238 e. The van der Waals surface area contributed by atoms with Crippen LogP contribution in [0.1, 0.15) is 26.2 Å². The van der Waals surface area contributed by atoms with Gasteiger partial charge in [-0.05, 0) is 26.2 Å². The molecule has 2 aliphatic heterocycles. The van der Waals surface area contributed by atoms with Crippen molar-refractivity contribution in [3.63, 3.8) is 0 Å². The number of nitrogens with one attached hydrogen (secondary N) is 2. The Morgan fingerprint density at radius 1 is 1.47 bits per heavy atom. The molecule has 2 saturated heterocycles. The molecule has 0 radical (unpaired) electrons. The van der Waals surface area contributed by atoms with Gasteiger partial charge in [0.25, 0.3) is 0 Å². The molecular formula is C9H16N2O3S. The summed E-state index contributed by atoms with van der Waals surface area (Å²) in [6, 6.07) is 0.595. The fraction of sp³-hybridized carbons (Fsp3) is 0.889. The van der Waals surface area contributed by atoms with E-state index in [0.29, 0.717) is 6.04 Å². The highest BCUT2D eigenvalue weighted by Crippen LogP contribution is 2.33. The van der Waals surface area contributed by atoms with Crippen molar-refractivity contribution in [3.8, 4) is 0 Å². The molecule has 6 heteroatoms. The smallest absolute Gasteiger partial charge is 0.238 e. The Hall–Kier alpha value is -0.620. The van der Waals surface area contributed by atoms with Crippen LogP contribution < -0.4 is 10.0 Å². The number of hydrogen-bond donors (Lipinski definition) is 2. The zero-order valence-corrected chi connectivity index (χ0v) is 9.51. The Bertz CT molecular complexity index is 366. The van der Waals surface area contributed by atoms with Crippen LogP contribution in [0.4, 0.5) is 0 Å². The molecule has 2 fully saturated rings. The average Bonchev–Trinajstić information content (AvgIpc) is 2.78. The molecule has 2 aliphatic rings. The summed E-state index contributed by atoms with van der Waals surface area (Å²) in [4.78, 5) is 11.7. The van der Waals surface area contributed by atoms with Crippen molar-refractivity contribution in [1.82, 2.24) is 10.0 Å². The van der Waals surface area contributed by atoms with E-state index in [1.165, 1.54) is 6.92 Å². The second kappa shape index (κ2) is 3.75. The number of amides is 1. The summed E-state index contributed by atoms with van der Waals surface area (Å²) in [6.45, 7) is 1.52. The van der Waals surface area contributed by atoms with E-state index in [4.69, 9.17) is 0 Å². The van der Waals surface area contributed by atoms with Crippen LogP contribution >= 0.6 is 0 Å². The number of carbonyl (C=O) groups is 1. The first-order valence-electron chi connectivity index (χ1n) is 5.32. The van der Waals surface area contributed by atoms with E-state index in [9.17, 15) is 13.2 Å². The van der Waals surface area contributed by atoms with Gasteiger partial charge in [-0.3, -0.25) is 9.52 Å². The number of carbonyl (C=O) groups excluding carboxylic acids is 1. The van der Waals surface area contributed by atoms with Crippen molar-refractivity contribution in [3.05, 3.63) is 0 Å². The van der Waals surface area contributed by atoms with E-state index in [1.54, 1.807) is 0 Å². The maximum atomic E-state index is 11.7. The topological polar surface area (TPSA) is 75.3 Å². The third-order valence-electron chi connectivity index (χ3n) is 3.27. The van der Waals surface area contributed by atoms with Crippen molar-refractivity contribution in [2.45, 2.75) is 38.3 Å².